The van der Waals surface area contributed by atoms with Gasteiger partial charge in [-0.05, 0) is 31.4 Å². The van der Waals surface area contributed by atoms with Crippen LogP contribution >= 0.6 is 0 Å². The summed E-state index contributed by atoms with van der Waals surface area (Å²) in [5.74, 6) is 1.63. The van der Waals surface area contributed by atoms with Crippen LogP contribution in [0.5, 0.6) is 0 Å². The topological polar surface area (TPSA) is 40.7 Å². The molecule has 0 saturated heterocycles. The Labute approximate surface area is 103 Å². The summed E-state index contributed by atoms with van der Waals surface area (Å²) in [4.78, 5) is 7.81. The van der Waals surface area contributed by atoms with E-state index >= 15 is 0 Å². The second-order valence-electron chi connectivity index (χ2n) is 4.90. The van der Waals surface area contributed by atoms with Gasteiger partial charge in [-0.3, -0.25) is 0 Å². The van der Waals surface area contributed by atoms with Gasteiger partial charge < -0.3 is 10.3 Å². The molecule has 2 atom stereocenters. The largest absolute Gasteiger partial charge is 0.353 e. The summed E-state index contributed by atoms with van der Waals surface area (Å²) in [7, 11) is 0. The molecule has 3 nitrogen and oxygen atoms in total. The summed E-state index contributed by atoms with van der Waals surface area (Å²) in [5, 5.41) is 3.43. The Morgan fingerprint density at radius 1 is 1.29 bits per heavy atom. The second-order valence-corrected chi connectivity index (χ2v) is 4.90. The minimum Gasteiger partial charge on any atom is -0.353 e. The molecule has 2 unspecified atom stereocenters. The van der Waals surface area contributed by atoms with Crippen molar-refractivity contribution in [3.63, 3.8) is 0 Å². The van der Waals surface area contributed by atoms with E-state index < -0.39 is 0 Å². The quantitative estimate of drug-likeness (QED) is 0.821. The predicted octanol–water partition coefficient (Wildman–Crippen LogP) is 3.80. The molecule has 0 spiro atoms. The van der Waals surface area contributed by atoms with E-state index in [0.29, 0.717) is 6.04 Å². The molecule has 2 N–H and O–H groups in total. The van der Waals surface area contributed by atoms with Crippen LogP contribution in [-0.2, 0) is 0 Å². The van der Waals surface area contributed by atoms with E-state index in [9.17, 15) is 0 Å². The number of H-pyrrole nitrogens is 1. The monoisotopic (exact) mass is 231 g/mol. The number of fused-ring (bicyclic) bond motifs is 1. The third-order valence-corrected chi connectivity index (χ3v) is 3.23. The van der Waals surface area contributed by atoms with Gasteiger partial charge in [0.2, 0.25) is 5.95 Å². The summed E-state index contributed by atoms with van der Waals surface area (Å²) in [6, 6.07) is 8.55. The van der Waals surface area contributed by atoms with Gasteiger partial charge in [-0.2, -0.15) is 0 Å². The summed E-state index contributed by atoms with van der Waals surface area (Å²) < 4.78 is 0. The van der Waals surface area contributed by atoms with Crippen LogP contribution in [-0.4, -0.2) is 16.0 Å². The van der Waals surface area contributed by atoms with Gasteiger partial charge >= 0.3 is 0 Å². The molecule has 0 aliphatic rings. The number of hydrogen-bond acceptors (Lipinski definition) is 2. The maximum absolute atomic E-state index is 4.52. The van der Waals surface area contributed by atoms with Crippen molar-refractivity contribution in [3.8, 4) is 0 Å². The highest BCUT2D eigenvalue weighted by Crippen LogP contribution is 2.16. The molecule has 2 aromatic rings. The molecular formula is C14H21N3. The lowest BCUT2D eigenvalue weighted by Gasteiger charge is -2.16. The lowest BCUT2D eigenvalue weighted by atomic mass is 10.0. The summed E-state index contributed by atoms with van der Waals surface area (Å²) in [5.41, 5.74) is 2.11. The van der Waals surface area contributed by atoms with Crippen molar-refractivity contribution >= 4 is 17.0 Å². The number of benzene rings is 1. The lowest BCUT2D eigenvalue weighted by Crippen LogP contribution is -2.18. The van der Waals surface area contributed by atoms with E-state index in [1.165, 1.54) is 12.8 Å². The Kier molecular flexibility index (Phi) is 3.67. The standard InChI is InChI=1S/C14H21N3/c1-4-10(2)9-11(3)15-14-16-12-7-5-6-8-13(12)17-14/h5-8,10-11H,4,9H2,1-3H3,(H2,15,16,17). The Hall–Kier alpha value is -1.51. The second kappa shape index (κ2) is 5.21. The minimum atomic E-state index is 0.450. The van der Waals surface area contributed by atoms with Gasteiger partial charge in [-0.25, -0.2) is 4.98 Å². The summed E-state index contributed by atoms with van der Waals surface area (Å²) >= 11 is 0. The van der Waals surface area contributed by atoms with Crippen LogP contribution < -0.4 is 5.32 Å². The zero-order valence-electron chi connectivity index (χ0n) is 10.8. The number of anilines is 1. The summed E-state index contributed by atoms with van der Waals surface area (Å²) in [6.45, 7) is 6.73. The molecule has 92 valence electrons. The smallest absolute Gasteiger partial charge is 0.201 e. The van der Waals surface area contributed by atoms with E-state index in [0.717, 1.165) is 22.9 Å². The average Bonchev–Trinajstić information content (AvgIpc) is 2.70. The van der Waals surface area contributed by atoms with E-state index in [1.54, 1.807) is 0 Å². The van der Waals surface area contributed by atoms with E-state index in [4.69, 9.17) is 0 Å². The number of aromatic nitrogens is 2. The van der Waals surface area contributed by atoms with Crippen LogP contribution in [0.1, 0.15) is 33.6 Å². The molecule has 17 heavy (non-hydrogen) atoms. The van der Waals surface area contributed by atoms with Crippen molar-refractivity contribution in [2.75, 3.05) is 5.32 Å². The van der Waals surface area contributed by atoms with Gasteiger partial charge in [0.25, 0.3) is 0 Å². The molecule has 1 aromatic carbocycles. The predicted molar refractivity (Wildman–Crippen MR) is 73.3 cm³/mol. The number of hydrogen-bond donors (Lipinski definition) is 2. The van der Waals surface area contributed by atoms with Crippen LogP contribution in [0.25, 0.3) is 11.0 Å². The van der Waals surface area contributed by atoms with Gasteiger partial charge in [0.1, 0.15) is 0 Å². The number of nitrogens with zero attached hydrogens (tertiary/aromatic N) is 1. The Balaban J connectivity index is 2.03. The molecule has 0 radical (unpaired) electrons. The molecule has 0 fully saturated rings. The molecule has 0 aliphatic heterocycles. The number of aromatic amines is 1. The lowest BCUT2D eigenvalue weighted by molar-refractivity contribution is 0.483. The van der Waals surface area contributed by atoms with Gasteiger partial charge in [-0.15, -0.1) is 0 Å². The SMILES string of the molecule is CCC(C)CC(C)Nc1nc2ccccc2[nH]1. The maximum atomic E-state index is 4.52. The molecule has 2 rings (SSSR count). The zero-order chi connectivity index (χ0) is 12.3. The van der Waals surface area contributed by atoms with Gasteiger partial charge in [0.15, 0.2) is 0 Å². The fraction of sp³-hybridized carbons (Fsp3) is 0.500. The van der Waals surface area contributed by atoms with Crippen molar-refractivity contribution in [2.45, 2.75) is 39.7 Å². The third-order valence-electron chi connectivity index (χ3n) is 3.23. The van der Waals surface area contributed by atoms with Crippen molar-refractivity contribution in [2.24, 2.45) is 5.92 Å². The average molecular weight is 231 g/mol. The van der Waals surface area contributed by atoms with Gasteiger partial charge in [-0.1, -0.05) is 32.4 Å². The number of nitrogens with one attached hydrogen (secondary N) is 2. The molecular weight excluding hydrogens is 210 g/mol. The molecule has 0 bridgehead atoms. The Bertz CT molecular complexity index is 442. The highest BCUT2D eigenvalue weighted by atomic mass is 15.1. The van der Waals surface area contributed by atoms with Gasteiger partial charge in [0, 0.05) is 6.04 Å². The molecule has 0 saturated carbocycles. The maximum Gasteiger partial charge on any atom is 0.201 e. The molecule has 0 aliphatic carbocycles. The molecule has 1 heterocycles. The highest BCUT2D eigenvalue weighted by Gasteiger charge is 2.09. The van der Waals surface area contributed by atoms with Crippen LogP contribution in [0.2, 0.25) is 0 Å². The first-order valence-electron chi connectivity index (χ1n) is 6.40. The fourth-order valence-corrected chi connectivity index (χ4v) is 2.08. The molecule has 1 aromatic heterocycles. The van der Waals surface area contributed by atoms with E-state index in [1.807, 2.05) is 24.3 Å². The number of para-hydroxylation sites is 2. The van der Waals surface area contributed by atoms with Crippen molar-refractivity contribution < 1.29 is 0 Å². The molecule has 3 heteroatoms. The normalized spacial score (nSPS) is 14.8. The van der Waals surface area contributed by atoms with Gasteiger partial charge in [0.05, 0.1) is 11.0 Å². The van der Waals surface area contributed by atoms with Crippen molar-refractivity contribution in [3.05, 3.63) is 24.3 Å². The first-order valence-corrected chi connectivity index (χ1v) is 6.40. The molecule has 0 amide bonds. The highest BCUT2D eigenvalue weighted by molar-refractivity contribution is 5.77. The van der Waals surface area contributed by atoms with Crippen molar-refractivity contribution in [1.82, 2.24) is 9.97 Å². The first kappa shape index (κ1) is 12.0. The van der Waals surface area contributed by atoms with E-state index in [2.05, 4.69) is 36.1 Å². The van der Waals surface area contributed by atoms with Crippen LogP contribution in [0.4, 0.5) is 5.95 Å². The van der Waals surface area contributed by atoms with Crippen LogP contribution in [0, 0.1) is 5.92 Å². The van der Waals surface area contributed by atoms with Crippen LogP contribution in [0.15, 0.2) is 24.3 Å². The first-order chi connectivity index (χ1) is 8.19. The minimum absolute atomic E-state index is 0.450. The zero-order valence-corrected chi connectivity index (χ0v) is 10.8. The summed E-state index contributed by atoms with van der Waals surface area (Å²) in [6.07, 6.45) is 2.40. The number of imidazole rings is 1. The van der Waals surface area contributed by atoms with Crippen LogP contribution in [0.3, 0.4) is 0 Å². The Morgan fingerprint density at radius 2 is 2.06 bits per heavy atom. The van der Waals surface area contributed by atoms with E-state index in [-0.39, 0.29) is 0 Å². The fourth-order valence-electron chi connectivity index (χ4n) is 2.08. The third kappa shape index (κ3) is 2.99. The number of rotatable bonds is 5. The van der Waals surface area contributed by atoms with Crippen molar-refractivity contribution in [1.29, 1.82) is 0 Å². The Morgan fingerprint density at radius 3 is 2.76 bits per heavy atom.